The molecular weight excluding hydrogens is 178 g/mol. The van der Waals surface area contributed by atoms with E-state index in [0.29, 0.717) is 6.42 Å². The van der Waals surface area contributed by atoms with Crippen molar-refractivity contribution >= 4 is 0 Å². The summed E-state index contributed by atoms with van der Waals surface area (Å²) >= 11 is 0. The Bertz CT molecular complexity index is 270. The Morgan fingerprint density at radius 1 is 1.57 bits per heavy atom. The molecule has 1 aromatic rings. The standard InChI is InChI=1S/C11H15NO2/c13-11(8-9-4-3-7-14-9)10-5-1-2-6-12-10/h1-2,5-6,9,11,13H,3-4,7-8H2. The molecule has 0 saturated carbocycles. The smallest absolute Gasteiger partial charge is 0.0984 e. The highest BCUT2D eigenvalue weighted by Gasteiger charge is 2.20. The molecule has 1 N–H and O–H groups in total. The molecule has 2 heterocycles. The van der Waals surface area contributed by atoms with Crippen molar-refractivity contribution < 1.29 is 9.84 Å². The third-order valence-corrected chi connectivity index (χ3v) is 2.54. The van der Waals surface area contributed by atoms with Crippen molar-refractivity contribution in [1.29, 1.82) is 0 Å². The predicted molar refractivity (Wildman–Crippen MR) is 52.8 cm³/mol. The van der Waals surface area contributed by atoms with Gasteiger partial charge in [0.2, 0.25) is 0 Å². The van der Waals surface area contributed by atoms with Crippen molar-refractivity contribution in [3.63, 3.8) is 0 Å². The van der Waals surface area contributed by atoms with E-state index in [2.05, 4.69) is 4.98 Å². The molecule has 3 nitrogen and oxygen atoms in total. The Morgan fingerprint density at radius 2 is 2.50 bits per heavy atom. The Kier molecular flexibility index (Phi) is 3.11. The van der Waals surface area contributed by atoms with Crippen LogP contribution in [0.5, 0.6) is 0 Å². The number of nitrogens with zero attached hydrogens (tertiary/aromatic N) is 1. The van der Waals surface area contributed by atoms with E-state index >= 15 is 0 Å². The van der Waals surface area contributed by atoms with Crippen molar-refractivity contribution in [1.82, 2.24) is 4.98 Å². The lowest BCUT2D eigenvalue weighted by Gasteiger charge is -2.14. The minimum atomic E-state index is -0.487. The number of hydrogen-bond acceptors (Lipinski definition) is 3. The molecule has 76 valence electrons. The molecule has 0 bridgehead atoms. The van der Waals surface area contributed by atoms with Crippen LogP contribution in [0.3, 0.4) is 0 Å². The van der Waals surface area contributed by atoms with E-state index in [0.717, 1.165) is 25.1 Å². The maximum Gasteiger partial charge on any atom is 0.0984 e. The minimum absolute atomic E-state index is 0.215. The van der Waals surface area contributed by atoms with E-state index in [1.165, 1.54) is 0 Å². The second-order valence-electron chi connectivity index (χ2n) is 3.64. The molecule has 14 heavy (non-hydrogen) atoms. The van der Waals surface area contributed by atoms with Gasteiger partial charge in [0.05, 0.1) is 17.9 Å². The van der Waals surface area contributed by atoms with Crippen molar-refractivity contribution in [3.05, 3.63) is 30.1 Å². The van der Waals surface area contributed by atoms with Crippen molar-refractivity contribution in [3.8, 4) is 0 Å². The van der Waals surface area contributed by atoms with E-state index in [4.69, 9.17) is 4.74 Å². The minimum Gasteiger partial charge on any atom is -0.387 e. The summed E-state index contributed by atoms with van der Waals surface area (Å²) in [7, 11) is 0. The molecule has 1 aliphatic heterocycles. The summed E-state index contributed by atoms with van der Waals surface area (Å²) in [5, 5.41) is 9.84. The van der Waals surface area contributed by atoms with Gasteiger partial charge in [-0.3, -0.25) is 4.98 Å². The molecule has 1 aliphatic rings. The number of hydrogen-bond donors (Lipinski definition) is 1. The number of rotatable bonds is 3. The van der Waals surface area contributed by atoms with Crippen LogP contribution in [0.25, 0.3) is 0 Å². The first-order chi connectivity index (χ1) is 6.86. The van der Waals surface area contributed by atoms with Crippen LogP contribution in [0.2, 0.25) is 0 Å². The van der Waals surface area contributed by atoms with Crippen LogP contribution in [-0.4, -0.2) is 22.8 Å². The van der Waals surface area contributed by atoms with Crippen LogP contribution in [0, 0.1) is 0 Å². The van der Waals surface area contributed by atoms with Crippen molar-refractivity contribution in [2.24, 2.45) is 0 Å². The highest BCUT2D eigenvalue weighted by atomic mass is 16.5. The summed E-state index contributed by atoms with van der Waals surface area (Å²) < 4.78 is 5.46. The van der Waals surface area contributed by atoms with Gasteiger partial charge in [0.15, 0.2) is 0 Å². The van der Waals surface area contributed by atoms with Crippen LogP contribution in [0.1, 0.15) is 31.1 Å². The monoisotopic (exact) mass is 193 g/mol. The fourth-order valence-corrected chi connectivity index (χ4v) is 1.77. The molecule has 2 unspecified atom stereocenters. The topological polar surface area (TPSA) is 42.4 Å². The van der Waals surface area contributed by atoms with E-state index in [1.54, 1.807) is 6.20 Å². The molecule has 3 heteroatoms. The summed E-state index contributed by atoms with van der Waals surface area (Å²) in [5.41, 5.74) is 0.739. The lowest BCUT2D eigenvalue weighted by molar-refractivity contribution is 0.0519. The number of aliphatic hydroxyl groups is 1. The fourth-order valence-electron chi connectivity index (χ4n) is 1.77. The number of ether oxygens (including phenoxy) is 1. The molecule has 2 rings (SSSR count). The lowest BCUT2D eigenvalue weighted by Crippen LogP contribution is -2.11. The Balaban J connectivity index is 1.92. The van der Waals surface area contributed by atoms with Gasteiger partial charge < -0.3 is 9.84 Å². The van der Waals surface area contributed by atoms with E-state index in [9.17, 15) is 5.11 Å². The molecular formula is C11H15NO2. The van der Waals surface area contributed by atoms with E-state index in [1.807, 2.05) is 18.2 Å². The summed E-state index contributed by atoms with van der Waals surface area (Å²) in [6.07, 6.45) is 4.26. The predicted octanol–water partition coefficient (Wildman–Crippen LogP) is 1.68. The third kappa shape index (κ3) is 2.30. The summed E-state index contributed by atoms with van der Waals surface area (Å²) in [6.45, 7) is 0.833. The molecule has 0 aliphatic carbocycles. The summed E-state index contributed by atoms with van der Waals surface area (Å²) in [5.74, 6) is 0. The van der Waals surface area contributed by atoms with Gasteiger partial charge >= 0.3 is 0 Å². The lowest BCUT2D eigenvalue weighted by atomic mass is 10.1. The highest BCUT2D eigenvalue weighted by Crippen LogP contribution is 2.23. The number of aromatic nitrogens is 1. The van der Waals surface area contributed by atoms with Crippen LogP contribution in [0.4, 0.5) is 0 Å². The zero-order valence-electron chi connectivity index (χ0n) is 8.10. The first-order valence-corrected chi connectivity index (χ1v) is 5.07. The van der Waals surface area contributed by atoms with Gasteiger partial charge in [-0.1, -0.05) is 6.07 Å². The maximum absolute atomic E-state index is 9.84. The number of aliphatic hydroxyl groups excluding tert-OH is 1. The third-order valence-electron chi connectivity index (χ3n) is 2.54. The number of pyridine rings is 1. The van der Waals surface area contributed by atoms with Gasteiger partial charge in [-0.25, -0.2) is 0 Å². The van der Waals surface area contributed by atoms with Crippen LogP contribution in [-0.2, 0) is 4.74 Å². The van der Waals surface area contributed by atoms with Gasteiger partial charge in [-0.15, -0.1) is 0 Å². The summed E-state index contributed by atoms with van der Waals surface area (Å²) in [4.78, 5) is 4.12. The molecule has 2 atom stereocenters. The zero-order valence-corrected chi connectivity index (χ0v) is 8.10. The largest absolute Gasteiger partial charge is 0.387 e. The maximum atomic E-state index is 9.84. The zero-order chi connectivity index (χ0) is 9.80. The van der Waals surface area contributed by atoms with Gasteiger partial charge in [0.1, 0.15) is 0 Å². The molecule has 0 amide bonds. The summed E-state index contributed by atoms with van der Waals surface area (Å²) in [6, 6.07) is 5.59. The van der Waals surface area contributed by atoms with Crippen LogP contribution in [0.15, 0.2) is 24.4 Å². The van der Waals surface area contributed by atoms with E-state index in [-0.39, 0.29) is 6.10 Å². The molecule has 1 saturated heterocycles. The fraction of sp³-hybridized carbons (Fsp3) is 0.545. The average molecular weight is 193 g/mol. The average Bonchev–Trinajstić information content (AvgIpc) is 2.72. The molecule has 1 aromatic heterocycles. The van der Waals surface area contributed by atoms with Gasteiger partial charge in [-0.2, -0.15) is 0 Å². The Morgan fingerprint density at radius 3 is 3.14 bits per heavy atom. The van der Waals surface area contributed by atoms with Crippen LogP contribution >= 0.6 is 0 Å². The van der Waals surface area contributed by atoms with Gasteiger partial charge in [0.25, 0.3) is 0 Å². The van der Waals surface area contributed by atoms with Crippen molar-refractivity contribution in [2.45, 2.75) is 31.5 Å². The van der Waals surface area contributed by atoms with Crippen molar-refractivity contribution in [2.75, 3.05) is 6.61 Å². The Labute approximate surface area is 83.7 Å². The Hall–Kier alpha value is -0.930. The van der Waals surface area contributed by atoms with Crippen LogP contribution < -0.4 is 0 Å². The SMILES string of the molecule is OC(CC1CCCO1)c1ccccn1. The first-order valence-electron chi connectivity index (χ1n) is 5.07. The quantitative estimate of drug-likeness (QED) is 0.794. The second-order valence-corrected chi connectivity index (χ2v) is 3.64. The van der Waals surface area contributed by atoms with E-state index < -0.39 is 6.10 Å². The normalized spacial score (nSPS) is 23.6. The molecule has 0 spiro atoms. The first kappa shape index (κ1) is 9.62. The molecule has 0 aromatic carbocycles. The highest BCUT2D eigenvalue weighted by molar-refractivity contribution is 5.06. The van der Waals surface area contributed by atoms with Gasteiger partial charge in [0, 0.05) is 19.2 Å². The molecule has 0 radical (unpaired) electrons. The second kappa shape index (κ2) is 4.53. The molecule has 1 fully saturated rings. The van der Waals surface area contributed by atoms with Gasteiger partial charge in [-0.05, 0) is 25.0 Å².